The monoisotopic (exact) mass is 731 g/mol. The Morgan fingerprint density at radius 2 is 1.58 bits per heavy atom. The predicted octanol–water partition coefficient (Wildman–Crippen LogP) is 11.6. The van der Waals surface area contributed by atoms with Gasteiger partial charge in [-0.2, -0.15) is 8.42 Å². The fourth-order valence-corrected chi connectivity index (χ4v) is 8.17. The number of allylic oxidation sites excluding steroid dienone is 7. The van der Waals surface area contributed by atoms with Crippen molar-refractivity contribution in [2.45, 2.75) is 77.0 Å². The van der Waals surface area contributed by atoms with Gasteiger partial charge in [-0.1, -0.05) is 137 Å². The second kappa shape index (κ2) is 17.3. The summed E-state index contributed by atoms with van der Waals surface area (Å²) >= 11 is 0. The summed E-state index contributed by atoms with van der Waals surface area (Å²) in [5, 5.41) is 12.0. The number of unbranched alkanes of at least 4 members (excludes halogenated alkanes) is 4. The van der Waals surface area contributed by atoms with Crippen molar-refractivity contribution in [1.82, 2.24) is 0 Å². The highest BCUT2D eigenvalue weighted by Crippen LogP contribution is 2.51. The van der Waals surface area contributed by atoms with Crippen molar-refractivity contribution in [1.29, 1.82) is 0 Å². The molecule has 0 amide bonds. The first-order chi connectivity index (χ1) is 25.4. The molecule has 0 aliphatic carbocycles. The molecule has 278 valence electrons. The third-order valence-electron chi connectivity index (χ3n) is 10.5. The third kappa shape index (κ3) is 9.41. The largest absolute Gasteiger partial charge is 0.385 e. The van der Waals surface area contributed by atoms with Crippen LogP contribution in [0.2, 0.25) is 0 Å². The first-order valence-electron chi connectivity index (χ1n) is 18.6. The molecule has 4 aromatic carbocycles. The molecule has 1 aliphatic heterocycles. The molecule has 53 heavy (non-hydrogen) atoms. The fourth-order valence-electron chi connectivity index (χ4n) is 7.60. The number of azide groups is 1. The standard InChI is InChI=1S/C44H53N5O3S/c1-33(43(2,3)41-36-22-13-11-20-34(36)25-27-38(41)46-29-16-18-32-53(50,51)52)19-9-8-10-24-40-44(4,5)42-37-23-14-12-21-35(37)26-28-39(42)49(40)31-17-7-6-15-30-47-48-45/h8-14,19-28,46H,1,6-7,15-18,29-32H2,2-5H3,(H,50,51,52)/b10-8+,19-9+,40-24+. The van der Waals surface area contributed by atoms with Crippen molar-refractivity contribution >= 4 is 43.0 Å². The molecule has 1 aliphatic rings. The molecule has 2 N–H and O–H groups in total. The van der Waals surface area contributed by atoms with Gasteiger partial charge in [-0.3, -0.25) is 4.55 Å². The summed E-state index contributed by atoms with van der Waals surface area (Å²) in [7, 11) is -3.97. The van der Waals surface area contributed by atoms with E-state index in [4.69, 9.17) is 10.1 Å². The first-order valence-corrected chi connectivity index (χ1v) is 20.2. The van der Waals surface area contributed by atoms with Crippen molar-refractivity contribution in [2.24, 2.45) is 5.11 Å². The summed E-state index contributed by atoms with van der Waals surface area (Å²) in [6, 6.07) is 25.7. The molecule has 8 nitrogen and oxygen atoms in total. The van der Waals surface area contributed by atoms with Crippen LogP contribution in [0.15, 0.2) is 126 Å². The van der Waals surface area contributed by atoms with Crippen LogP contribution in [0.1, 0.15) is 77.3 Å². The molecule has 0 unspecified atom stereocenters. The van der Waals surface area contributed by atoms with Gasteiger partial charge in [0.2, 0.25) is 0 Å². The maximum Gasteiger partial charge on any atom is 0.264 e. The Bertz CT molecular complexity index is 2190. The number of hydrogen-bond donors (Lipinski definition) is 2. The lowest BCUT2D eigenvalue weighted by molar-refractivity contribution is 0.480. The van der Waals surface area contributed by atoms with Gasteiger partial charge in [-0.15, -0.1) is 0 Å². The van der Waals surface area contributed by atoms with Crippen LogP contribution in [-0.4, -0.2) is 38.4 Å². The Morgan fingerprint density at radius 1 is 0.906 bits per heavy atom. The van der Waals surface area contributed by atoms with Crippen LogP contribution < -0.4 is 10.2 Å². The van der Waals surface area contributed by atoms with Gasteiger partial charge in [-0.05, 0) is 87.7 Å². The highest BCUT2D eigenvalue weighted by molar-refractivity contribution is 7.85. The number of benzene rings is 4. The molecule has 1 heterocycles. The minimum Gasteiger partial charge on any atom is -0.385 e. The van der Waals surface area contributed by atoms with Gasteiger partial charge < -0.3 is 10.2 Å². The Hall–Kier alpha value is -4.82. The number of hydrogen-bond acceptors (Lipinski definition) is 5. The second-order valence-electron chi connectivity index (χ2n) is 14.9. The van der Waals surface area contributed by atoms with Crippen molar-refractivity contribution < 1.29 is 13.0 Å². The van der Waals surface area contributed by atoms with E-state index in [0.29, 0.717) is 25.9 Å². The van der Waals surface area contributed by atoms with Gasteiger partial charge >= 0.3 is 0 Å². The smallest absolute Gasteiger partial charge is 0.264 e. The minimum atomic E-state index is -3.97. The maximum absolute atomic E-state index is 11.2. The average molecular weight is 732 g/mol. The summed E-state index contributed by atoms with van der Waals surface area (Å²) in [4.78, 5) is 5.36. The van der Waals surface area contributed by atoms with Crippen LogP contribution in [0.4, 0.5) is 11.4 Å². The Balaban J connectivity index is 1.36. The second-order valence-corrected chi connectivity index (χ2v) is 16.5. The molecule has 0 atom stereocenters. The molecule has 0 saturated heterocycles. The van der Waals surface area contributed by atoms with E-state index < -0.39 is 15.5 Å². The zero-order valence-corrected chi connectivity index (χ0v) is 32.4. The first kappa shape index (κ1) is 39.4. The van der Waals surface area contributed by atoms with Crippen LogP contribution in [0.25, 0.3) is 32.0 Å². The Morgan fingerprint density at radius 3 is 2.32 bits per heavy atom. The third-order valence-corrected chi connectivity index (χ3v) is 11.3. The summed E-state index contributed by atoms with van der Waals surface area (Å²) in [5.74, 6) is -0.239. The van der Waals surface area contributed by atoms with E-state index in [0.717, 1.165) is 59.8 Å². The molecule has 5 rings (SSSR count). The zero-order valence-electron chi connectivity index (χ0n) is 31.6. The van der Waals surface area contributed by atoms with Gasteiger partial charge in [0.15, 0.2) is 0 Å². The molecule has 4 aromatic rings. The van der Waals surface area contributed by atoms with Gasteiger partial charge in [0.05, 0.1) is 5.75 Å². The number of fused-ring (bicyclic) bond motifs is 4. The molecule has 0 radical (unpaired) electrons. The van der Waals surface area contributed by atoms with Crippen molar-refractivity contribution in [2.75, 3.05) is 35.6 Å². The van der Waals surface area contributed by atoms with Crippen LogP contribution in [0.3, 0.4) is 0 Å². The lowest BCUT2D eigenvalue weighted by Crippen LogP contribution is -2.27. The van der Waals surface area contributed by atoms with E-state index >= 15 is 0 Å². The van der Waals surface area contributed by atoms with E-state index in [1.165, 1.54) is 27.7 Å². The van der Waals surface area contributed by atoms with Crippen molar-refractivity contribution in [3.63, 3.8) is 0 Å². The van der Waals surface area contributed by atoms with E-state index in [2.05, 4.69) is 146 Å². The molecular formula is C44H53N5O3S. The van der Waals surface area contributed by atoms with Crippen LogP contribution in [0, 0.1) is 0 Å². The van der Waals surface area contributed by atoms with Gasteiger partial charge in [0, 0.05) is 52.4 Å². The SMILES string of the molecule is C=C(/C=C/C=C/C=C1/N(CCCCCCN=[N+]=[N-])c2ccc3ccccc3c2C1(C)C)C(C)(C)c1c(NCCCCS(=O)(=O)O)ccc2ccccc12. The molecule has 0 saturated carbocycles. The number of nitrogens with zero attached hydrogens (tertiary/aromatic N) is 4. The molecule has 0 spiro atoms. The van der Waals surface area contributed by atoms with E-state index in [-0.39, 0.29) is 11.2 Å². The quantitative estimate of drug-likeness (QED) is 0.0264. The molecule has 9 heteroatoms. The van der Waals surface area contributed by atoms with Gasteiger partial charge in [-0.25, -0.2) is 0 Å². The highest BCUT2D eigenvalue weighted by Gasteiger charge is 2.40. The Kier molecular flexibility index (Phi) is 12.9. The zero-order chi connectivity index (χ0) is 38.1. The minimum absolute atomic E-state index is 0.193. The fraction of sp³-hybridized carbons (Fsp3) is 0.364. The average Bonchev–Trinajstić information content (AvgIpc) is 3.35. The van der Waals surface area contributed by atoms with Gasteiger partial charge in [0.25, 0.3) is 10.1 Å². The number of nitrogens with one attached hydrogen (secondary N) is 1. The summed E-state index contributed by atoms with van der Waals surface area (Å²) in [6.07, 6.45) is 15.7. The van der Waals surface area contributed by atoms with Crippen LogP contribution >= 0.6 is 0 Å². The van der Waals surface area contributed by atoms with E-state index in [1.54, 1.807) is 0 Å². The molecule has 0 bridgehead atoms. The molecule has 0 aromatic heterocycles. The van der Waals surface area contributed by atoms with Gasteiger partial charge in [0.1, 0.15) is 0 Å². The summed E-state index contributed by atoms with van der Waals surface area (Å²) in [5.41, 5.74) is 15.0. The molecular weight excluding hydrogens is 679 g/mol. The highest BCUT2D eigenvalue weighted by atomic mass is 32.2. The van der Waals surface area contributed by atoms with Crippen molar-refractivity contribution in [3.8, 4) is 0 Å². The number of anilines is 2. The lowest BCUT2D eigenvalue weighted by atomic mass is 9.75. The normalized spacial score (nSPS) is 15.1. The van der Waals surface area contributed by atoms with E-state index in [9.17, 15) is 8.42 Å². The van der Waals surface area contributed by atoms with E-state index in [1.807, 2.05) is 12.1 Å². The van der Waals surface area contributed by atoms with Crippen LogP contribution in [-0.2, 0) is 20.9 Å². The summed E-state index contributed by atoms with van der Waals surface area (Å²) in [6.45, 7) is 15.6. The van der Waals surface area contributed by atoms with Crippen molar-refractivity contribution in [3.05, 3.63) is 143 Å². The predicted molar refractivity (Wildman–Crippen MR) is 223 cm³/mol. The van der Waals surface area contributed by atoms with Crippen LogP contribution in [0.5, 0.6) is 0 Å². The maximum atomic E-state index is 11.2. The Labute approximate surface area is 315 Å². The number of rotatable bonds is 18. The molecule has 0 fully saturated rings. The lowest BCUT2D eigenvalue weighted by Gasteiger charge is -2.31. The topological polar surface area (TPSA) is 118 Å². The summed E-state index contributed by atoms with van der Waals surface area (Å²) < 4.78 is 31.5.